The summed E-state index contributed by atoms with van der Waals surface area (Å²) in [6, 6.07) is 12.6. The van der Waals surface area contributed by atoms with Gasteiger partial charge in [0.25, 0.3) is 0 Å². The fraction of sp³-hybridized carbons (Fsp3) is 0.0556. The number of nitriles is 1. The molecule has 11 heteroatoms. The molecule has 144 valence electrons. The molecule has 0 spiro atoms. The van der Waals surface area contributed by atoms with E-state index < -0.39 is 0 Å². The molecule has 0 atom stereocenters. The second-order valence-electron chi connectivity index (χ2n) is 5.67. The highest BCUT2D eigenvalue weighted by molar-refractivity contribution is 7.99. The quantitative estimate of drug-likeness (QED) is 0.465. The van der Waals surface area contributed by atoms with Gasteiger partial charge in [0, 0.05) is 5.56 Å². The molecule has 3 N–H and O–H groups in total. The summed E-state index contributed by atoms with van der Waals surface area (Å²) in [4.78, 5) is 20.4. The summed E-state index contributed by atoms with van der Waals surface area (Å²) in [6.07, 6.45) is 0. The number of rotatable bonds is 5. The van der Waals surface area contributed by atoms with Crippen LogP contribution in [-0.2, 0) is 0 Å². The summed E-state index contributed by atoms with van der Waals surface area (Å²) in [5.74, 6) is 0.566. The van der Waals surface area contributed by atoms with Crippen LogP contribution in [0.3, 0.4) is 0 Å². The number of ether oxygens (including phenoxy) is 1. The molecule has 0 aliphatic carbocycles. The van der Waals surface area contributed by atoms with Gasteiger partial charge in [0.15, 0.2) is 17.6 Å². The fourth-order valence-corrected chi connectivity index (χ4v) is 3.79. The van der Waals surface area contributed by atoms with Gasteiger partial charge in [-0.15, -0.1) is 0 Å². The lowest BCUT2D eigenvalue weighted by atomic mass is 10.2. The van der Waals surface area contributed by atoms with Crippen molar-refractivity contribution in [1.82, 2.24) is 24.9 Å². The Morgan fingerprint density at radius 2 is 1.93 bits per heavy atom. The topological polar surface area (TPSA) is 126 Å². The number of nitrogens with one attached hydrogen (secondary N) is 1. The van der Waals surface area contributed by atoms with Crippen LogP contribution in [0.4, 0.5) is 5.95 Å². The standard InChI is InChI=1S/C18H11Cl2N7OS/c19-10-8-11(20)14(28-6-5-21)7-9(10)15-25-16(22)27-18(26-15)29-17-23-12-3-1-2-4-13(12)24-17/h1-4,7-8H,6H2,(H,23,24)(H2,22,25,26,27). The van der Waals surface area contributed by atoms with Crippen molar-refractivity contribution in [3.05, 3.63) is 46.4 Å². The summed E-state index contributed by atoms with van der Waals surface area (Å²) in [6.45, 7) is -0.159. The van der Waals surface area contributed by atoms with Crippen LogP contribution in [0, 0.1) is 11.3 Å². The van der Waals surface area contributed by atoms with Crippen LogP contribution in [0.1, 0.15) is 0 Å². The lowest BCUT2D eigenvalue weighted by molar-refractivity contribution is 0.368. The number of halogens is 2. The van der Waals surface area contributed by atoms with E-state index in [-0.39, 0.29) is 29.2 Å². The molecule has 8 nitrogen and oxygen atoms in total. The van der Waals surface area contributed by atoms with Crippen LogP contribution < -0.4 is 10.5 Å². The minimum absolute atomic E-state index is 0.0270. The van der Waals surface area contributed by atoms with Gasteiger partial charge in [-0.25, -0.2) is 9.97 Å². The maximum atomic E-state index is 8.72. The Hall–Kier alpha value is -3.06. The molecule has 0 saturated carbocycles. The minimum atomic E-state index is -0.159. The van der Waals surface area contributed by atoms with Crippen molar-refractivity contribution >= 4 is 51.9 Å². The third-order valence-electron chi connectivity index (χ3n) is 3.74. The van der Waals surface area contributed by atoms with Gasteiger partial charge < -0.3 is 15.5 Å². The number of hydrogen-bond acceptors (Lipinski definition) is 8. The van der Waals surface area contributed by atoms with Crippen LogP contribution in [0.5, 0.6) is 5.75 Å². The lowest BCUT2D eigenvalue weighted by Gasteiger charge is -2.10. The van der Waals surface area contributed by atoms with Crippen LogP contribution in [0.2, 0.25) is 10.0 Å². The summed E-state index contributed by atoms with van der Waals surface area (Å²) >= 11 is 13.6. The van der Waals surface area contributed by atoms with Gasteiger partial charge in [-0.1, -0.05) is 35.3 Å². The monoisotopic (exact) mass is 443 g/mol. The number of benzene rings is 2. The van der Waals surface area contributed by atoms with Crippen molar-refractivity contribution in [2.45, 2.75) is 10.3 Å². The average Bonchev–Trinajstić information content (AvgIpc) is 3.09. The van der Waals surface area contributed by atoms with E-state index in [0.29, 0.717) is 20.9 Å². The number of nitrogens with zero attached hydrogens (tertiary/aromatic N) is 5. The van der Waals surface area contributed by atoms with Gasteiger partial charge in [0.1, 0.15) is 11.8 Å². The number of fused-ring (bicyclic) bond motifs is 1. The molecule has 29 heavy (non-hydrogen) atoms. The largest absolute Gasteiger partial charge is 0.477 e. The Morgan fingerprint density at radius 3 is 2.72 bits per heavy atom. The number of anilines is 1. The maximum Gasteiger partial charge on any atom is 0.224 e. The molecule has 4 aromatic rings. The molecule has 2 aromatic carbocycles. The van der Waals surface area contributed by atoms with Crippen molar-refractivity contribution in [2.75, 3.05) is 12.3 Å². The number of para-hydroxylation sites is 2. The van der Waals surface area contributed by atoms with E-state index in [1.54, 1.807) is 6.07 Å². The summed E-state index contributed by atoms with van der Waals surface area (Å²) in [5, 5.41) is 10.3. The molecule has 0 radical (unpaired) electrons. The smallest absolute Gasteiger partial charge is 0.224 e. The van der Waals surface area contributed by atoms with Crippen molar-refractivity contribution in [3.63, 3.8) is 0 Å². The fourth-order valence-electron chi connectivity index (χ4n) is 2.52. The lowest BCUT2D eigenvalue weighted by Crippen LogP contribution is -2.02. The molecule has 0 saturated heterocycles. The Balaban J connectivity index is 1.70. The van der Waals surface area contributed by atoms with Crippen molar-refractivity contribution in [1.29, 1.82) is 5.26 Å². The first-order valence-electron chi connectivity index (χ1n) is 8.17. The molecule has 0 fully saturated rings. The third-order valence-corrected chi connectivity index (χ3v) is 5.10. The number of hydrogen-bond donors (Lipinski definition) is 2. The van der Waals surface area contributed by atoms with Gasteiger partial charge in [-0.05, 0) is 36.0 Å². The molecular weight excluding hydrogens is 433 g/mol. The molecule has 2 aromatic heterocycles. The molecular formula is C18H11Cl2N7OS. The Bertz CT molecular complexity index is 1220. The van der Waals surface area contributed by atoms with Gasteiger partial charge in [-0.3, -0.25) is 0 Å². The highest BCUT2D eigenvalue weighted by atomic mass is 35.5. The predicted octanol–water partition coefficient (Wildman–Crippen LogP) is 4.36. The van der Waals surface area contributed by atoms with Crippen LogP contribution in [0.25, 0.3) is 22.4 Å². The zero-order chi connectivity index (χ0) is 20.4. The van der Waals surface area contributed by atoms with Gasteiger partial charge in [0.2, 0.25) is 11.1 Å². The number of H-pyrrole nitrogens is 1. The van der Waals surface area contributed by atoms with Crippen LogP contribution in [0.15, 0.2) is 46.7 Å². The normalized spacial score (nSPS) is 10.8. The highest BCUT2D eigenvalue weighted by Crippen LogP contribution is 2.36. The van der Waals surface area contributed by atoms with Crippen molar-refractivity contribution in [3.8, 4) is 23.2 Å². The van der Waals surface area contributed by atoms with Crippen molar-refractivity contribution < 1.29 is 4.74 Å². The molecule has 2 heterocycles. The first-order valence-corrected chi connectivity index (χ1v) is 9.74. The van der Waals surface area contributed by atoms with Crippen LogP contribution >= 0.6 is 35.0 Å². The zero-order valence-electron chi connectivity index (χ0n) is 14.6. The molecule has 0 aliphatic rings. The van der Waals surface area contributed by atoms with E-state index in [4.69, 9.17) is 38.9 Å². The number of nitrogen functional groups attached to an aromatic ring is 1. The number of aromatic nitrogens is 5. The highest BCUT2D eigenvalue weighted by Gasteiger charge is 2.16. The molecule has 0 unspecified atom stereocenters. The predicted molar refractivity (Wildman–Crippen MR) is 111 cm³/mol. The van der Waals surface area contributed by atoms with Crippen LogP contribution in [-0.4, -0.2) is 31.5 Å². The zero-order valence-corrected chi connectivity index (χ0v) is 16.9. The van der Waals surface area contributed by atoms with Crippen molar-refractivity contribution in [2.24, 2.45) is 0 Å². The molecule has 0 aliphatic heterocycles. The maximum absolute atomic E-state index is 8.72. The second kappa shape index (κ2) is 8.13. The minimum Gasteiger partial charge on any atom is -0.477 e. The Labute approximate surface area is 179 Å². The number of imidazole rings is 1. The number of aromatic amines is 1. The number of nitrogens with two attached hydrogens (primary N) is 1. The summed E-state index contributed by atoms with van der Waals surface area (Å²) < 4.78 is 5.32. The first-order chi connectivity index (χ1) is 14.0. The average molecular weight is 444 g/mol. The van der Waals surface area contributed by atoms with Gasteiger partial charge in [-0.2, -0.15) is 15.2 Å². The van der Waals surface area contributed by atoms with E-state index in [0.717, 1.165) is 11.0 Å². The third kappa shape index (κ3) is 4.19. The SMILES string of the molecule is N#CCOc1cc(-c2nc(N)nc(Sc3nc4ccccc4[nH]3)n2)c(Cl)cc1Cl. The van der Waals surface area contributed by atoms with E-state index in [9.17, 15) is 0 Å². The first kappa shape index (κ1) is 19.3. The second-order valence-corrected chi connectivity index (χ2v) is 7.44. The summed E-state index contributed by atoms with van der Waals surface area (Å²) in [5.41, 5.74) is 8.05. The van der Waals surface area contributed by atoms with E-state index in [2.05, 4.69) is 24.9 Å². The molecule has 4 rings (SSSR count). The molecule has 0 bridgehead atoms. The van der Waals surface area contributed by atoms with E-state index in [1.165, 1.54) is 17.8 Å². The summed E-state index contributed by atoms with van der Waals surface area (Å²) in [7, 11) is 0. The Morgan fingerprint density at radius 1 is 1.10 bits per heavy atom. The van der Waals surface area contributed by atoms with Gasteiger partial charge >= 0.3 is 0 Å². The molecule has 0 amide bonds. The van der Waals surface area contributed by atoms with E-state index >= 15 is 0 Å². The van der Waals surface area contributed by atoms with E-state index in [1.807, 2.05) is 30.3 Å². The Kier molecular flexibility index (Phi) is 5.40. The van der Waals surface area contributed by atoms with Gasteiger partial charge in [0.05, 0.1) is 21.1 Å².